The van der Waals surface area contributed by atoms with E-state index in [4.69, 9.17) is 9.78 Å². The second-order valence-corrected chi connectivity index (χ2v) is 3.85. The van der Waals surface area contributed by atoms with Gasteiger partial charge in [-0.2, -0.15) is 5.26 Å². The van der Waals surface area contributed by atoms with Crippen LogP contribution in [0.5, 0.6) is 0 Å². The first-order valence-corrected chi connectivity index (χ1v) is 5.50. The Labute approximate surface area is 102 Å². The van der Waals surface area contributed by atoms with Crippen LogP contribution in [0, 0.1) is 11.3 Å². The molecule has 0 saturated carbocycles. The summed E-state index contributed by atoms with van der Waals surface area (Å²) >= 11 is 0. The number of para-hydroxylation sites is 1. The van der Waals surface area contributed by atoms with E-state index in [0.717, 1.165) is 16.7 Å². The first-order chi connectivity index (χ1) is 8.86. The summed E-state index contributed by atoms with van der Waals surface area (Å²) in [7, 11) is 0. The molecule has 1 aromatic carbocycles. The van der Waals surface area contributed by atoms with Crippen molar-refractivity contribution in [3.63, 3.8) is 0 Å². The highest BCUT2D eigenvalue weighted by Gasteiger charge is 2.07. The lowest BCUT2D eigenvalue weighted by Crippen LogP contribution is -2.02. The molecule has 0 aliphatic heterocycles. The van der Waals surface area contributed by atoms with E-state index in [0.29, 0.717) is 18.7 Å². The molecule has 3 rings (SSSR count). The molecule has 0 atom stereocenters. The molecule has 0 aliphatic carbocycles. The minimum absolute atomic E-state index is 0.319. The molecule has 6 heteroatoms. The number of nitrogens with zero attached hydrogens (tertiary/aromatic N) is 5. The summed E-state index contributed by atoms with van der Waals surface area (Å²) in [6.07, 6.45) is 2.30. The third-order valence-electron chi connectivity index (χ3n) is 2.68. The van der Waals surface area contributed by atoms with E-state index in [1.165, 1.54) is 0 Å². The summed E-state index contributed by atoms with van der Waals surface area (Å²) in [6, 6.07) is 9.66. The van der Waals surface area contributed by atoms with E-state index in [2.05, 4.69) is 15.5 Å². The maximum Gasteiger partial charge on any atom is 0.182 e. The summed E-state index contributed by atoms with van der Waals surface area (Å²) in [5, 5.41) is 21.3. The van der Waals surface area contributed by atoms with Gasteiger partial charge >= 0.3 is 0 Å². The van der Waals surface area contributed by atoms with Crippen LogP contribution in [-0.4, -0.2) is 20.2 Å². The molecule has 18 heavy (non-hydrogen) atoms. The average Bonchev–Trinajstić information content (AvgIpc) is 3.03. The van der Waals surface area contributed by atoms with E-state index in [1.807, 2.05) is 30.3 Å². The van der Waals surface area contributed by atoms with Gasteiger partial charge in [-0.1, -0.05) is 22.5 Å². The lowest BCUT2D eigenvalue weighted by molar-refractivity contribution is 0.441. The number of aromatic nitrogens is 4. The van der Waals surface area contributed by atoms with Crippen molar-refractivity contribution in [3.8, 4) is 6.07 Å². The molecule has 0 saturated heterocycles. The summed E-state index contributed by atoms with van der Waals surface area (Å²) in [4.78, 5) is 0. The third-order valence-corrected chi connectivity index (χ3v) is 2.68. The Balaban J connectivity index is 1.79. The predicted octanol–water partition coefficient (Wildman–Crippen LogP) is 1.53. The van der Waals surface area contributed by atoms with Crippen LogP contribution < -0.4 is 0 Å². The third kappa shape index (κ3) is 1.82. The molecule has 0 N–H and O–H groups in total. The Hall–Kier alpha value is -2.68. The number of hydrogen-bond acceptors (Lipinski definition) is 5. The Morgan fingerprint density at radius 2 is 2.22 bits per heavy atom. The quantitative estimate of drug-likeness (QED) is 0.692. The lowest BCUT2D eigenvalue weighted by atomic mass is 10.2. The fourth-order valence-corrected chi connectivity index (χ4v) is 1.80. The monoisotopic (exact) mass is 239 g/mol. The van der Waals surface area contributed by atoms with Crippen LogP contribution in [0.25, 0.3) is 11.0 Å². The summed E-state index contributed by atoms with van der Waals surface area (Å²) in [5.74, 6) is 0. The fourth-order valence-electron chi connectivity index (χ4n) is 1.80. The van der Waals surface area contributed by atoms with E-state index < -0.39 is 0 Å². The highest BCUT2D eigenvalue weighted by atomic mass is 16.5. The number of hydrogen-bond donors (Lipinski definition) is 0. The van der Waals surface area contributed by atoms with Crippen LogP contribution in [0.15, 0.2) is 35.0 Å². The molecule has 0 fully saturated rings. The SMILES string of the molecule is N#Cc1cn(CCc2noc3ccccc23)nn1. The van der Waals surface area contributed by atoms with Crippen molar-refractivity contribution < 1.29 is 4.52 Å². The largest absolute Gasteiger partial charge is 0.356 e. The highest BCUT2D eigenvalue weighted by Crippen LogP contribution is 2.18. The van der Waals surface area contributed by atoms with Crippen molar-refractivity contribution in [1.29, 1.82) is 5.26 Å². The van der Waals surface area contributed by atoms with Crippen LogP contribution in [0.4, 0.5) is 0 Å². The lowest BCUT2D eigenvalue weighted by Gasteiger charge is -1.96. The minimum atomic E-state index is 0.319. The summed E-state index contributed by atoms with van der Waals surface area (Å²) in [5.41, 5.74) is 1.99. The maximum absolute atomic E-state index is 8.65. The zero-order chi connectivity index (χ0) is 12.4. The van der Waals surface area contributed by atoms with Gasteiger partial charge in [-0.25, -0.2) is 0 Å². The molecule has 0 spiro atoms. The zero-order valence-corrected chi connectivity index (χ0v) is 9.45. The molecule has 88 valence electrons. The predicted molar refractivity (Wildman–Crippen MR) is 62.5 cm³/mol. The van der Waals surface area contributed by atoms with Gasteiger partial charge in [0.2, 0.25) is 0 Å². The number of nitriles is 1. The van der Waals surface area contributed by atoms with E-state index in [1.54, 1.807) is 10.9 Å². The van der Waals surface area contributed by atoms with Gasteiger partial charge in [0.05, 0.1) is 11.9 Å². The van der Waals surface area contributed by atoms with Gasteiger partial charge < -0.3 is 4.52 Å². The molecule has 3 aromatic rings. The summed E-state index contributed by atoms with van der Waals surface area (Å²) in [6.45, 7) is 0.616. The van der Waals surface area contributed by atoms with Gasteiger partial charge in [-0.15, -0.1) is 5.10 Å². The summed E-state index contributed by atoms with van der Waals surface area (Å²) < 4.78 is 6.84. The van der Waals surface area contributed by atoms with E-state index in [-0.39, 0.29) is 0 Å². The van der Waals surface area contributed by atoms with Crippen LogP contribution in [-0.2, 0) is 13.0 Å². The van der Waals surface area contributed by atoms with E-state index >= 15 is 0 Å². The first-order valence-electron chi connectivity index (χ1n) is 5.50. The van der Waals surface area contributed by atoms with E-state index in [9.17, 15) is 0 Å². The molecular weight excluding hydrogens is 230 g/mol. The number of aryl methyl sites for hydroxylation is 2. The topological polar surface area (TPSA) is 80.5 Å². The minimum Gasteiger partial charge on any atom is -0.356 e. The Bertz CT molecular complexity index is 721. The van der Waals surface area contributed by atoms with Gasteiger partial charge in [0.15, 0.2) is 11.3 Å². The van der Waals surface area contributed by atoms with Crippen molar-refractivity contribution >= 4 is 11.0 Å². The van der Waals surface area contributed by atoms with Crippen molar-refractivity contribution in [1.82, 2.24) is 20.2 Å². The van der Waals surface area contributed by atoms with Crippen LogP contribution in [0.2, 0.25) is 0 Å². The molecule has 2 heterocycles. The van der Waals surface area contributed by atoms with Crippen LogP contribution in [0.3, 0.4) is 0 Å². The van der Waals surface area contributed by atoms with Crippen molar-refractivity contribution in [2.45, 2.75) is 13.0 Å². The standard InChI is InChI=1S/C12H9N5O/c13-7-9-8-17(16-14-9)6-5-11-10-3-1-2-4-12(10)18-15-11/h1-4,8H,5-6H2. The molecular formula is C12H9N5O. The molecule has 0 bridgehead atoms. The molecule has 2 aromatic heterocycles. The normalized spacial score (nSPS) is 10.6. The Morgan fingerprint density at radius 3 is 3.06 bits per heavy atom. The van der Waals surface area contributed by atoms with Gasteiger partial charge in [-0.3, -0.25) is 4.68 Å². The number of fused-ring (bicyclic) bond motifs is 1. The molecule has 0 radical (unpaired) electrons. The first kappa shape index (κ1) is 10.5. The Kier molecular flexibility index (Phi) is 2.50. The average molecular weight is 239 g/mol. The van der Waals surface area contributed by atoms with Gasteiger partial charge in [0.25, 0.3) is 0 Å². The van der Waals surface area contributed by atoms with Crippen molar-refractivity contribution in [3.05, 3.63) is 41.9 Å². The van der Waals surface area contributed by atoms with Crippen molar-refractivity contribution in [2.75, 3.05) is 0 Å². The molecule has 6 nitrogen and oxygen atoms in total. The molecule has 0 amide bonds. The molecule has 0 aliphatic rings. The van der Waals surface area contributed by atoms with Gasteiger partial charge in [0, 0.05) is 18.4 Å². The van der Waals surface area contributed by atoms with Crippen LogP contribution in [0.1, 0.15) is 11.4 Å². The smallest absolute Gasteiger partial charge is 0.182 e. The second-order valence-electron chi connectivity index (χ2n) is 3.85. The fraction of sp³-hybridized carbons (Fsp3) is 0.167. The number of benzene rings is 1. The molecule has 0 unspecified atom stereocenters. The Morgan fingerprint density at radius 1 is 1.33 bits per heavy atom. The van der Waals surface area contributed by atoms with Crippen LogP contribution >= 0.6 is 0 Å². The van der Waals surface area contributed by atoms with Gasteiger partial charge in [0.1, 0.15) is 6.07 Å². The highest BCUT2D eigenvalue weighted by molar-refractivity contribution is 5.79. The zero-order valence-electron chi connectivity index (χ0n) is 9.45. The van der Waals surface area contributed by atoms with Gasteiger partial charge in [-0.05, 0) is 12.1 Å². The maximum atomic E-state index is 8.65. The van der Waals surface area contributed by atoms with Crippen molar-refractivity contribution in [2.24, 2.45) is 0 Å². The second kappa shape index (κ2) is 4.30. The number of rotatable bonds is 3.